The summed E-state index contributed by atoms with van der Waals surface area (Å²) in [5, 5.41) is 10.6. The number of para-hydroxylation sites is 1. The number of aromatic nitrogens is 3. The van der Waals surface area contributed by atoms with Crippen molar-refractivity contribution in [3.05, 3.63) is 90.1 Å². The van der Waals surface area contributed by atoms with Gasteiger partial charge in [0, 0.05) is 18.0 Å². The first-order chi connectivity index (χ1) is 17.0. The van der Waals surface area contributed by atoms with Crippen molar-refractivity contribution in [2.75, 3.05) is 12.8 Å². The van der Waals surface area contributed by atoms with Gasteiger partial charge in [-0.2, -0.15) is 0 Å². The first-order valence-corrected chi connectivity index (χ1v) is 12.4. The zero-order valence-electron chi connectivity index (χ0n) is 19.8. The minimum absolute atomic E-state index is 0.0204. The van der Waals surface area contributed by atoms with Crippen LogP contribution in [0.25, 0.3) is 22.4 Å². The molecule has 1 atom stereocenters. The Balaban J connectivity index is 1.34. The van der Waals surface area contributed by atoms with E-state index in [0.29, 0.717) is 11.7 Å². The van der Waals surface area contributed by atoms with Crippen LogP contribution in [-0.4, -0.2) is 38.4 Å². The maximum absolute atomic E-state index is 13.1. The highest BCUT2D eigenvalue weighted by molar-refractivity contribution is 7.99. The minimum atomic E-state index is -0.195. The first kappa shape index (κ1) is 23.0. The molecule has 7 nitrogen and oxygen atoms in total. The molecule has 0 aliphatic heterocycles. The Kier molecular flexibility index (Phi) is 6.46. The van der Waals surface area contributed by atoms with E-state index < -0.39 is 0 Å². The lowest BCUT2D eigenvalue weighted by Crippen LogP contribution is -2.31. The van der Waals surface area contributed by atoms with Gasteiger partial charge in [0.1, 0.15) is 17.1 Å². The highest BCUT2D eigenvalue weighted by Crippen LogP contribution is 2.30. The van der Waals surface area contributed by atoms with Gasteiger partial charge in [0.05, 0.1) is 24.6 Å². The molecule has 35 heavy (non-hydrogen) atoms. The molecule has 0 aliphatic carbocycles. The number of hydrogen-bond donors (Lipinski definition) is 0. The summed E-state index contributed by atoms with van der Waals surface area (Å²) in [5.74, 6) is 2.51. The average Bonchev–Trinajstić information content (AvgIpc) is 3.62. The van der Waals surface area contributed by atoms with E-state index in [1.807, 2.05) is 85.1 Å². The van der Waals surface area contributed by atoms with Gasteiger partial charge in [0.2, 0.25) is 5.91 Å². The van der Waals surface area contributed by atoms with Crippen LogP contribution in [0.15, 0.2) is 87.0 Å². The molecule has 178 valence electrons. The molecule has 0 N–H and O–H groups in total. The van der Waals surface area contributed by atoms with E-state index in [0.717, 1.165) is 39.4 Å². The molecule has 0 aliphatic rings. The third-order valence-electron chi connectivity index (χ3n) is 6.15. The lowest BCUT2D eigenvalue weighted by atomic mass is 10.1. The number of furan rings is 2. The van der Waals surface area contributed by atoms with Crippen LogP contribution in [0.4, 0.5) is 0 Å². The van der Waals surface area contributed by atoms with E-state index in [1.165, 1.54) is 11.8 Å². The van der Waals surface area contributed by atoms with Crippen LogP contribution in [0.5, 0.6) is 0 Å². The predicted octanol–water partition coefficient (Wildman–Crippen LogP) is 5.95. The Bertz CT molecular complexity index is 1420. The Morgan fingerprint density at radius 1 is 1.09 bits per heavy atom. The Morgan fingerprint density at radius 3 is 2.66 bits per heavy atom. The fourth-order valence-corrected chi connectivity index (χ4v) is 4.82. The zero-order chi connectivity index (χ0) is 24.4. The highest BCUT2D eigenvalue weighted by Gasteiger charge is 2.23. The number of benzene rings is 2. The fraction of sp³-hybridized carbons (Fsp3) is 0.222. The SMILES string of the molecule is Cc1ccccc1-c1nnc(SCC(=O)N(C)C(C)c2cc3ccccc3o2)n1Cc1ccco1. The summed E-state index contributed by atoms with van der Waals surface area (Å²) in [6.45, 7) is 4.49. The Morgan fingerprint density at radius 2 is 1.89 bits per heavy atom. The molecule has 1 unspecified atom stereocenters. The van der Waals surface area contributed by atoms with Crippen molar-refractivity contribution in [3.8, 4) is 11.4 Å². The summed E-state index contributed by atoms with van der Waals surface area (Å²) < 4.78 is 13.6. The van der Waals surface area contributed by atoms with E-state index in [9.17, 15) is 4.79 Å². The molecule has 5 aromatic rings. The number of carbonyl (C=O) groups excluding carboxylic acids is 1. The molecule has 0 radical (unpaired) electrons. The van der Waals surface area contributed by atoms with Gasteiger partial charge in [-0.25, -0.2) is 0 Å². The number of aryl methyl sites for hydroxylation is 1. The second-order valence-electron chi connectivity index (χ2n) is 8.44. The molecule has 0 saturated carbocycles. The van der Waals surface area contributed by atoms with Crippen molar-refractivity contribution in [3.63, 3.8) is 0 Å². The van der Waals surface area contributed by atoms with Gasteiger partial charge < -0.3 is 13.7 Å². The zero-order valence-corrected chi connectivity index (χ0v) is 20.7. The van der Waals surface area contributed by atoms with Crippen LogP contribution in [0.3, 0.4) is 0 Å². The van der Waals surface area contributed by atoms with Gasteiger partial charge in [-0.3, -0.25) is 9.36 Å². The normalized spacial score (nSPS) is 12.2. The maximum atomic E-state index is 13.1. The molecule has 0 fully saturated rings. The number of nitrogens with zero attached hydrogens (tertiary/aromatic N) is 4. The van der Waals surface area contributed by atoms with Crippen LogP contribution < -0.4 is 0 Å². The van der Waals surface area contributed by atoms with Crippen molar-refractivity contribution in [1.29, 1.82) is 0 Å². The first-order valence-electron chi connectivity index (χ1n) is 11.4. The lowest BCUT2D eigenvalue weighted by Gasteiger charge is -2.23. The summed E-state index contributed by atoms with van der Waals surface area (Å²) in [4.78, 5) is 14.8. The lowest BCUT2D eigenvalue weighted by molar-refractivity contribution is -0.129. The molecule has 2 aromatic carbocycles. The molecule has 5 rings (SSSR count). The molecule has 3 heterocycles. The predicted molar refractivity (Wildman–Crippen MR) is 136 cm³/mol. The van der Waals surface area contributed by atoms with Crippen molar-refractivity contribution in [1.82, 2.24) is 19.7 Å². The number of carbonyl (C=O) groups is 1. The van der Waals surface area contributed by atoms with Crippen molar-refractivity contribution in [2.24, 2.45) is 0 Å². The summed E-state index contributed by atoms with van der Waals surface area (Å²) in [7, 11) is 1.80. The second-order valence-corrected chi connectivity index (χ2v) is 9.38. The maximum Gasteiger partial charge on any atom is 0.233 e. The third-order valence-corrected chi connectivity index (χ3v) is 7.10. The Labute approximate surface area is 207 Å². The number of hydrogen-bond acceptors (Lipinski definition) is 6. The van der Waals surface area contributed by atoms with Crippen LogP contribution >= 0.6 is 11.8 Å². The van der Waals surface area contributed by atoms with E-state index in [-0.39, 0.29) is 17.7 Å². The van der Waals surface area contributed by atoms with Gasteiger partial charge in [0.25, 0.3) is 0 Å². The van der Waals surface area contributed by atoms with E-state index >= 15 is 0 Å². The van der Waals surface area contributed by atoms with Crippen LogP contribution in [-0.2, 0) is 11.3 Å². The van der Waals surface area contributed by atoms with Gasteiger partial charge in [0.15, 0.2) is 11.0 Å². The quantitative estimate of drug-likeness (QED) is 0.252. The third kappa shape index (κ3) is 4.74. The summed E-state index contributed by atoms with van der Waals surface area (Å²) in [6.07, 6.45) is 1.65. The molecule has 8 heteroatoms. The smallest absolute Gasteiger partial charge is 0.233 e. The topological polar surface area (TPSA) is 77.3 Å². The van der Waals surface area contributed by atoms with Gasteiger partial charge in [-0.05, 0) is 43.7 Å². The highest BCUT2D eigenvalue weighted by atomic mass is 32.2. The summed E-state index contributed by atoms with van der Waals surface area (Å²) in [6, 6.07) is 21.5. The largest absolute Gasteiger partial charge is 0.467 e. The van der Waals surface area contributed by atoms with Crippen molar-refractivity contribution < 1.29 is 13.6 Å². The number of amides is 1. The number of thioether (sulfide) groups is 1. The fourth-order valence-electron chi connectivity index (χ4n) is 3.96. The molecule has 1 amide bonds. The van der Waals surface area contributed by atoms with E-state index in [4.69, 9.17) is 8.83 Å². The molecule has 3 aromatic heterocycles. The Hall–Kier alpha value is -3.78. The molecule has 0 spiro atoms. The van der Waals surface area contributed by atoms with E-state index in [2.05, 4.69) is 10.2 Å². The number of fused-ring (bicyclic) bond motifs is 1. The molecular formula is C27H26N4O3S. The van der Waals surface area contributed by atoms with Crippen LogP contribution in [0.1, 0.15) is 30.0 Å². The second kappa shape index (κ2) is 9.84. The standard InChI is InChI=1S/C27H26N4O3S/c1-18-9-4-6-12-22(18)26-28-29-27(31(26)16-21-11-8-14-33-21)35-17-25(32)30(3)19(2)24-15-20-10-5-7-13-23(20)34-24/h4-15,19H,16-17H2,1-3H3. The van der Waals surface area contributed by atoms with Crippen LogP contribution in [0, 0.1) is 6.92 Å². The van der Waals surface area contributed by atoms with Gasteiger partial charge >= 0.3 is 0 Å². The molecular weight excluding hydrogens is 460 g/mol. The van der Waals surface area contributed by atoms with Gasteiger partial charge in [-0.15, -0.1) is 10.2 Å². The molecule has 0 saturated heterocycles. The van der Waals surface area contributed by atoms with Crippen molar-refractivity contribution in [2.45, 2.75) is 31.6 Å². The summed E-state index contributed by atoms with van der Waals surface area (Å²) >= 11 is 1.37. The number of rotatable bonds is 8. The minimum Gasteiger partial charge on any atom is -0.467 e. The van der Waals surface area contributed by atoms with Gasteiger partial charge in [-0.1, -0.05) is 54.2 Å². The van der Waals surface area contributed by atoms with Crippen molar-refractivity contribution >= 4 is 28.6 Å². The average molecular weight is 487 g/mol. The molecule has 0 bridgehead atoms. The summed E-state index contributed by atoms with van der Waals surface area (Å²) in [5.41, 5.74) is 2.92. The van der Waals surface area contributed by atoms with E-state index in [1.54, 1.807) is 18.2 Å². The van der Waals surface area contributed by atoms with Crippen LogP contribution in [0.2, 0.25) is 0 Å². The monoisotopic (exact) mass is 486 g/mol.